The van der Waals surface area contributed by atoms with Crippen LogP contribution in [0.2, 0.25) is 0 Å². The van der Waals surface area contributed by atoms with Crippen LogP contribution in [0.1, 0.15) is 24.4 Å². The van der Waals surface area contributed by atoms with E-state index in [-0.39, 0.29) is 12.6 Å². The smallest absolute Gasteiger partial charge is 0.0627 e. The Kier molecular flexibility index (Phi) is 2.67. The van der Waals surface area contributed by atoms with Crippen LogP contribution in [0.15, 0.2) is 29.6 Å². The van der Waals surface area contributed by atoms with E-state index in [1.807, 2.05) is 0 Å². The molecule has 1 aromatic carbocycles. The third-order valence-electron chi connectivity index (χ3n) is 3.08. The molecule has 0 radical (unpaired) electrons. The molecule has 1 aliphatic rings. The second kappa shape index (κ2) is 4.17. The largest absolute Gasteiger partial charge is 0.394 e. The Balaban J connectivity index is 1.95. The van der Waals surface area contributed by atoms with Crippen molar-refractivity contribution in [2.75, 3.05) is 6.61 Å². The molecule has 1 aliphatic carbocycles. The van der Waals surface area contributed by atoms with Crippen LogP contribution in [0.5, 0.6) is 0 Å². The SMILES string of the molecule is OCC(NC1CC1)c1csc2ccccc12. The first-order valence-corrected chi connectivity index (χ1v) is 6.59. The molecule has 3 rings (SSSR count). The molecule has 2 N–H and O–H groups in total. The minimum Gasteiger partial charge on any atom is -0.394 e. The Hall–Kier alpha value is -0.900. The van der Waals surface area contributed by atoms with Gasteiger partial charge in [-0.3, -0.25) is 0 Å². The fourth-order valence-electron chi connectivity index (χ4n) is 2.04. The molecule has 1 saturated carbocycles. The third-order valence-corrected chi connectivity index (χ3v) is 4.06. The number of aliphatic hydroxyl groups is 1. The lowest BCUT2D eigenvalue weighted by Crippen LogP contribution is -2.25. The minimum atomic E-state index is 0.101. The number of nitrogens with one attached hydrogen (secondary N) is 1. The minimum absolute atomic E-state index is 0.101. The number of hydrogen-bond donors (Lipinski definition) is 2. The van der Waals surface area contributed by atoms with Crippen molar-refractivity contribution in [3.8, 4) is 0 Å². The van der Waals surface area contributed by atoms with Gasteiger partial charge in [-0.15, -0.1) is 11.3 Å². The average molecular weight is 233 g/mol. The summed E-state index contributed by atoms with van der Waals surface area (Å²) in [5.41, 5.74) is 1.25. The number of benzene rings is 1. The Morgan fingerprint density at radius 2 is 2.19 bits per heavy atom. The van der Waals surface area contributed by atoms with E-state index >= 15 is 0 Å². The molecule has 1 unspecified atom stereocenters. The highest BCUT2D eigenvalue weighted by molar-refractivity contribution is 7.17. The van der Waals surface area contributed by atoms with Crippen LogP contribution in [0, 0.1) is 0 Å². The number of fused-ring (bicyclic) bond motifs is 1. The quantitative estimate of drug-likeness (QED) is 0.851. The Labute approximate surface area is 98.9 Å². The van der Waals surface area contributed by atoms with Gasteiger partial charge in [0.2, 0.25) is 0 Å². The standard InChI is InChI=1S/C13H15NOS/c15-7-12(14-9-5-6-9)11-8-16-13-4-2-1-3-10(11)13/h1-4,8-9,12,14-15H,5-7H2. The molecule has 0 amide bonds. The monoisotopic (exact) mass is 233 g/mol. The van der Waals surface area contributed by atoms with Crippen LogP contribution in [-0.2, 0) is 0 Å². The lowest BCUT2D eigenvalue weighted by Gasteiger charge is -2.15. The number of rotatable bonds is 4. The van der Waals surface area contributed by atoms with Crippen molar-refractivity contribution in [3.05, 3.63) is 35.2 Å². The maximum Gasteiger partial charge on any atom is 0.0627 e. The zero-order valence-corrected chi connectivity index (χ0v) is 9.83. The van der Waals surface area contributed by atoms with Crippen molar-refractivity contribution in [2.45, 2.75) is 24.9 Å². The summed E-state index contributed by atoms with van der Waals surface area (Å²) in [6.45, 7) is 0.178. The van der Waals surface area contributed by atoms with Gasteiger partial charge in [-0.25, -0.2) is 0 Å². The van der Waals surface area contributed by atoms with Crippen molar-refractivity contribution in [1.29, 1.82) is 0 Å². The highest BCUT2D eigenvalue weighted by Crippen LogP contribution is 2.32. The first kappa shape index (κ1) is 10.3. The molecule has 84 valence electrons. The van der Waals surface area contributed by atoms with Gasteiger partial charge in [0.1, 0.15) is 0 Å². The molecule has 0 spiro atoms. The summed E-state index contributed by atoms with van der Waals surface area (Å²) in [4.78, 5) is 0. The Bertz CT molecular complexity index is 489. The van der Waals surface area contributed by atoms with E-state index < -0.39 is 0 Å². The fraction of sp³-hybridized carbons (Fsp3) is 0.385. The highest BCUT2D eigenvalue weighted by atomic mass is 32.1. The zero-order chi connectivity index (χ0) is 11.0. The van der Waals surface area contributed by atoms with Gasteiger partial charge in [0.25, 0.3) is 0 Å². The van der Waals surface area contributed by atoms with Gasteiger partial charge in [-0.05, 0) is 35.2 Å². The van der Waals surface area contributed by atoms with E-state index in [1.165, 1.54) is 28.5 Å². The predicted molar refractivity (Wildman–Crippen MR) is 67.8 cm³/mol. The average Bonchev–Trinajstić information content (AvgIpc) is 3.04. The van der Waals surface area contributed by atoms with Crippen molar-refractivity contribution >= 4 is 21.4 Å². The van der Waals surface area contributed by atoms with Crippen LogP contribution in [-0.4, -0.2) is 17.8 Å². The van der Waals surface area contributed by atoms with Crippen molar-refractivity contribution < 1.29 is 5.11 Å². The molecule has 16 heavy (non-hydrogen) atoms. The highest BCUT2D eigenvalue weighted by Gasteiger charge is 2.26. The van der Waals surface area contributed by atoms with Gasteiger partial charge in [0.05, 0.1) is 12.6 Å². The maximum absolute atomic E-state index is 9.48. The molecule has 1 fully saturated rings. The van der Waals surface area contributed by atoms with E-state index in [1.54, 1.807) is 11.3 Å². The molecule has 0 aliphatic heterocycles. The lowest BCUT2D eigenvalue weighted by molar-refractivity contribution is 0.244. The lowest BCUT2D eigenvalue weighted by atomic mass is 10.1. The Morgan fingerprint density at radius 1 is 1.38 bits per heavy atom. The van der Waals surface area contributed by atoms with Gasteiger partial charge in [0.15, 0.2) is 0 Å². The van der Waals surface area contributed by atoms with Crippen LogP contribution < -0.4 is 5.32 Å². The van der Waals surface area contributed by atoms with Crippen LogP contribution >= 0.6 is 11.3 Å². The second-order valence-electron chi connectivity index (χ2n) is 4.36. The summed E-state index contributed by atoms with van der Waals surface area (Å²) in [6.07, 6.45) is 2.50. The summed E-state index contributed by atoms with van der Waals surface area (Å²) >= 11 is 1.75. The van der Waals surface area contributed by atoms with Crippen LogP contribution in [0.25, 0.3) is 10.1 Å². The second-order valence-corrected chi connectivity index (χ2v) is 5.27. The van der Waals surface area contributed by atoms with E-state index in [0.717, 1.165) is 0 Å². The first-order chi connectivity index (χ1) is 7.88. The summed E-state index contributed by atoms with van der Waals surface area (Å²) in [6, 6.07) is 9.11. The van der Waals surface area contributed by atoms with Gasteiger partial charge in [-0.2, -0.15) is 0 Å². The van der Waals surface area contributed by atoms with Gasteiger partial charge in [0, 0.05) is 10.7 Å². The molecule has 2 aromatic rings. The summed E-state index contributed by atoms with van der Waals surface area (Å²) < 4.78 is 1.30. The van der Waals surface area contributed by atoms with Gasteiger partial charge < -0.3 is 10.4 Å². The molecule has 1 aromatic heterocycles. The number of hydrogen-bond acceptors (Lipinski definition) is 3. The van der Waals surface area contributed by atoms with Crippen LogP contribution in [0.4, 0.5) is 0 Å². The molecule has 3 heteroatoms. The summed E-state index contributed by atoms with van der Waals surface area (Å²) in [5, 5.41) is 16.4. The van der Waals surface area contributed by atoms with E-state index in [2.05, 4.69) is 35.0 Å². The first-order valence-electron chi connectivity index (χ1n) is 5.71. The van der Waals surface area contributed by atoms with E-state index in [4.69, 9.17) is 0 Å². The van der Waals surface area contributed by atoms with Gasteiger partial charge in [-0.1, -0.05) is 18.2 Å². The van der Waals surface area contributed by atoms with Crippen molar-refractivity contribution in [3.63, 3.8) is 0 Å². The van der Waals surface area contributed by atoms with E-state index in [0.29, 0.717) is 6.04 Å². The topological polar surface area (TPSA) is 32.3 Å². The predicted octanol–water partition coefficient (Wildman–Crippen LogP) is 2.69. The maximum atomic E-state index is 9.48. The normalized spacial score (nSPS) is 17.8. The molecule has 0 saturated heterocycles. The number of aliphatic hydroxyl groups excluding tert-OH is 1. The molecular formula is C13H15NOS. The molecule has 0 bridgehead atoms. The van der Waals surface area contributed by atoms with Crippen molar-refractivity contribution in [1.82, 2.24) is 5.32 Å². The molecule has 1 atom stereocenters. The van der Waals surface area contributed by atoms with Crippen LogP contribution in [0.3, 0.4) is 0 Å². The Morgan fingerprint density at radius 3 is 2.94 bits per heavy atom. The van der Waals surface area contributed by atoms with Gasteiger partial charge >= 0.3 is 0 Å². The number of thiophene rings is 1. The van der Waals surface area contributed by atoms with Crippen molar-refractivity contribution in [2.24, 2.45) is 0 Å². The fourth-order valence-corrected chi connectivity index (χ4v) is 3.06. The third kappa shape index (κ3) is 1.86. The molecule has 2 nitrogen and oxygen atoms in total. The summed E-state index contributed by atoms with van der Waals surface area (Å²) in [7, 11) is 0. The zero-order valence-electron chi connectivity index (χ0n) is 9.02. The molecular weight excluding hydrogens is 218 g/mol. The summed E-state index contributed by atoms with van der Waals surface area (Å²) in [5.74, 6) is 0. The molecule has 1 heterocycles. The van der Waals surface area contributed by atoms with E-state index in [9.17, 15) is 5.11 Å².